The predicted octanol–water partition coefficient (Wildman–Crippen LogP) is 4.82. The first-order valence-corrected chi connectivity index (χ1v) is 12.0. The van der Waals surface area contributed by atoms with Crippen molar-refractivity contribution in [2.24, 2.45) is 5.92 Å². The van der Waals surface area contributed by atoms with Gasteiger partial charge in [-0.1, -0.05) is 13.8 Å². The number of aryl methyl sites for hydroxylation is 1. The van der Waals surface area contributed by atoms with E-state index in [1.807, 2.05) is 52.0 Å². The Balaban J connectivity index is 1.93. The van der Waals surface area contributed by atoms with E-state index < -0.39 is 11.7 Å². The molecule has 2 aromatic heterocycles. The molecule has 0 spiro atoms. The van der Waals surface area contributed by atoms with E-state index in [9.17, 15) is 9.59 Å². The number of benzene rings is 1. The zero-order valence-electron chi connectivity index (χ0n) is 21.8. The molecule has 1 N–H and O–H groups in total. The number of hydrogen-bond acceptors (Lipinski definition) is 6. The molecule has 0 saturated heterocycles. The van der Waals surface area contributed by atoms with E-state index in [-0.39, 0.29) is 18.2 Å². The number of aromatic nitrogens is 2. The maximum atomic E-state index is 13.4. The van der Waals surface area contributed by atoms with Crippen molar-refractivity contribution in [3.63, 3.8) is 0 Å². The second kappa shape index (κ2) is 11.1. The van der Waals surface area contributed by atoms with Crippen molar-refractivity contribution in [2.45, 2.75) is 66.2 Å². The Morgan fingerprint density at radius 3 is 2.57 bits per heavy atom. The molecule has 3 rings (SSSR count). The lowest BCUT2D eigenvalue weighted by molar-refractivity contribution is 0.0480. The zero-order chi connectivity index (χ0) is 25.8. The summed E-state index contributed by atoms with van der Waals surface area (Å²) < 4.78 is 18.5. The SMILES string of the molecule is COCCn1c(=O)c2c(C)nccc2c2ccc(OCC(CC(C)C)NC(=O)OC(C)(C)C)cc21. The maximum absolute atomic E-state index is 13.4. The summed E-state index contributed by atoms with van der Waals surface area (Å²) >= 11 is 0. The van der Waals surface area contributed by atoms with Crippen molar-refractivity contribution < 1.29 is 19.0 Å². The van der Waals surface area contributed by atoms with Crippen LogP contribution in [0.4, 0.5) is 4.79 Å². The molecule has 0 aliphatic carbocycles. The molecular formula is C27H37N3O5. The Morgan fingerprint density at radius 2 is 1.91 bits per heavy atom. The molecule has 190 valence electrons. The maximum Gasteiger partial charge on any atom is 0.407 e. The van der Waals surface area contributed by atoms with Gasteiger partial charge < -0.3 is 24.1 Å². The predicted molar refractivity (Wildman–Crippen MR) is 138 cm³/mol. The summed E-state index contributed by atoms with van der Waals surface area (Å²) in [6, 6.07) is 7.39. The first kappa shape index (κ1) is 26.5. The number of amides is 1. The van der Waals surface area contributed by atoms with Crippen molar-refractivity contribution in [3.05, 3.63) is 46.5 Å². The molecule has 0 bridgehead atoms. The van der Waals surface area contributed by atoms with Gasteiger partial charge in [-0.05, 0) is 63.6 Å². The van der Waals surface area contributed by atoms with E-state index in [1.165, 1.54) is 0 Å². The van der Waals surface area contributed by atoms with E-state index in [0.717, 1.165) is 22.7 Å². The summed E-state index contributed by atoms with van der Waals surface area (Å²) in [5, 5.41) is 5.35. The lowest BCUT2D eigenvalue weighted by Crippen LogP contribution is -2.42. The number of hydrogen-bond donors (Lipinski definition) is 1. The van der Waals surface area contributed by atoms with Crippen LogP contribution in [0.25, 0.3) is 21.7 Å². The number of ether oxygens (including phenoxy) is 3. The highest BCUT2D eigenvalue weighted by molar-refractivity contribution is 6.06. The van der Waals surface area contributed by atoms with Crippen LogP contribution in [-0.2, 0) is 16.0 Å². The summed E-state index contributed by atoms with van der Waals surface area (Å²) in [6.45, 7) is 12.6. The molecule has 0 fully saturated rings. The Labute approximate surface area is 206 Å². The van der Waals surface area contributed by atoms with Crippen molar-refractivity contribution in [1.29, 1.82) is 0 Å². The summed E-state index contributed by atoms with van der Waals surface area (Å²) in [6.07, 6.45) is 2.00. The molecule has 8 heteroatoms. The summed E-state index contributed by atoms with van der Waals surface area (Å²) in [5.74, 6) is 0.977. The van der Waals surface area contributed by atoms with Gasteiger partial charge >= 0.3 is 6.09 Å². The number of alkyl carbamates (subject to hydrolysis) is 1. The molecule has 0 aliphatic heterocycles. The van der Waals surface area contributed by atoms with Gasteiger partial charge in [0.05, 0.1) is 29.2 Å². The topological polar surface area (TPSA) is 91.7 Å². The summed E-state index contributed by atoms with van der Waals surface area (Å²) in [4.78, 5) is 30.0. The minimum absolute atomic E-state index is 0.100. The monoisotopic (exact) mass is 483 g/mol. The molecule has 1 unspecified atom stereocenters. The lowest BCUT2D eigenvalue weighted by atomic mass is 10.0. The molecule has 2 heterocycles. The van der Waals surface area contributed by atoms with Crippen LogP contribution in [0.1, 0.15) is 46.7 Å². The first-order chi connectivity index (χ1) is 16.5. The normalized spacial score (nSPS) is 12.8. The molecule has 35 heavy (non-hydrogen) atoms. The Bertz CT molecular complexity index is 1240. The van der Waals surface area contributed by atoms with Gasteiger partial charge in [0.1, 0.15) is 18.0 Å². The third kappa shape index (κ3) is 6.72. The van der Waals surface area contributed by atoms with E-state index in [1.54, 1.807) is 17.9 Å². The largest absolute Gasteiger partial charge is 0.491 e. The van der Waals surface area contributed by atoms with Crippen LogP contribution in [0.15, 0.2) is 35.3 Å². The molecule has 1 aromatic carbocycles. The number of pyridine rings is 2. The molecule has 0 radical (unpaired) electrons. The van der Waals surface area contributed by atoms with Crippen LogP contribution >= 0.6 is 0 Å². The van der Waals surface area contributed by atoms with Crippen LogP contribution < -0.4 is 15.6 Å². The smallest absolute Gasteiger partial charge is 0.407 e. The van der Waals surface area contributed by atoms with E-state index in [0.29, 0.717) is 35.9 Å². The fourth-order valence-electron chi connectivity index (χ4n) is 4.17. The second-order valence-electron chi connectivity index (χ2n) is 10.2. The van der Waals surface area contributed by atoms with Gasteiger partial charge in [0.25, 0.3) is 5.56 Å². The Morgan fingerprint density at radius 1 is 1.17 bits per heavy atom. The molecule has 1 atom stereocenters. The second-order valence-corrected chi connectivity index (χ2v) is 10.2. The summed E-state index contributed by atoms with van der Waals surface area (Å²) in [7, 11) is 1.61. The van der Waals surface area contributed by atoms with Gasteiger partial charge in [-0.3, -0.25) is 9.78 Å². The fourth-order valence-corrected chi connectivity index (χ4v) is 4.17. The van der Waals surface area contributed by atoms with Crippen LogP contribution in [-0.4, -0.2) is 47.6 Å². The van der Waals surface area contributed by atoms with E-state index in [4.69, 9.17) is 14.2 Å². The molecule has 1 amide bonds. The van der Waals surface area contributed by atoms with Crippen molar-refractivity contribution in [3.8, 4) is 5.75 Å². The first-order valence-electron chi connectivity index (χ1n) is 12.0. The van der Waals surface area contributed by atoms with Gasteiger partial charge in [0.2, 0.25) is 0 Å². The highest BCUT2D eigenvalue weighted by Crippen LogP contribution is 2.27. The van der Waals surface area contributed by atoms with E-state index in [2.05, 4.69) is 24.1 Å². The summed E-state index contributed by atoms with van der Waals surface area (Å²) in [5.41, 5.74) is 0.791. The van der Waals surface area contributed by atoms with Crippen LogP contribution in [0.5, 0.6) is 5.75 Å². The van der Waals surface area contributed by atoms with Crippen LogP contribution in [0, 0.1) is 12.8 Å². The fraction of sp³-hybridized carbons (Fsp3) is 0.519. The third-order valence-electron chi connectivity index (χ3n) is 5.60. The standard InChI is InChI=1S/C27H37N3O5/c1-17(2)14-19(29-26(32)35-27(4,5)6)16-34-20-8-9-21-22-10-11-28-18(3)24(22)25(31)30(12-13-33-7)23(21)15-20/h8-11,15,17,19H,12-14,16H2,1-7H3,(H,29,32). The van der Waals surface area contributed by atoms with Crippen LogP contribution in [0.2, 0.25) is 0 Å². The van der Waals surface area contributed by atoms with Crippen molar-refractivity contribution >= 4 is 27.8 Å². The number of methoxy groups -OCH3 is 1. The van der Waals surface area contributed by atoms with E-state index >= 15 is 0 Å². The number of carbonyl (C=O) groups is 1. The molecule has 8 nitrogen and oxygen atoms in total. The highest BCUT2D eigenvalue weighted by Gasteiger charge is 2.21. The minimum atomic E-state index is -0.575. The van der Waals surface area contributed by atoms with Crippen LogP contribution in [0.3, 0.4) is 0 Å². The zero-order valence-corrected chi connectivity index (χ0v) is 21.8. The van der Waals surface area contributed by atoms with Crippen molar-refractivity contribution in [1.82, 2.24) is 14.9 Å². The highest BCUT2D eigenvalue weighted by atomic mass is 16.6. The Hall–Kier alpha value is -3.13. The van der Waals surface area contributed by atoms with Gasteiger partial charge in [-0.25, -0.2) is 4.79 Å². The number of nitrogens with one attached hydrogen (secondary N) is 1. The number of rotatable bonds is 9. The minimum Gasteiger partial charge on any atom is -0.491 e. The molecule has 0 aliphatic rings. The average Bonchev–Trinajstić information content (AvgIpc) is 2.75. The van der Waals surface area contributed by atoms with Gasteiger partial charge in [0, 0.05) is 31.3 Å². The Kier molecular flexibility index (Phi) is 8.38. The number of carbonyl (C=O) groups excluding carboxylic acids is 1. The average molecular weight is 484 g/mol. The van der Waals surface area contributed by atoms with Gasteiger partial charge in [0.15, 0.2) is 0 Å². The van der Waals surface area contributed by atoms with Gasteiger partial charge in [-0.2, -0.15) is 0 Å². The molecular weight excluding hydrogens is 446 g/mol. The third-order valence-corrected chi connectivity index (χ3v) is 5.60. The number of nitrogens with zero attached hydrogens (tertiary/aromatic N) is 2. The number of fused-ring (bicyclic) bond motifs is 3. The molecule has 0 saturated carbocycles. The van der Waals surface area contributed by atoms with Crippen molar-refractivity contribution in [2.75, 3.05) is 20.3 Å². The molecule has 3 aromatic rings. The quantitative estimate of drug-likeness (QED) is 0.439. The lowest BCUT2D eigenvalue weighted by Gasteiger charge is -2.25. The van der Waals surface area contributed by atoms with Gasteiger partial charge in [-0.15, -0.1) is 0 Å².